The van der Waals surface area contributed by atoms with E-state index in [4.69, 9.17) is 0 Å². The third-order valence-corrected chi connectivity index (χ3v) is 4.17. The summed E-state index contributed by atoms with van der Waals surface area (Å²) >= 11 is 0. The molecule has 1 aliphatic heterocycles. The molecule has 1 N–H and O–H groups in total. The smallest absolute Gasteiger partial charge is 0.317 e. The van der Waals surface area contributed by atoms with Crippen molar-refractivity contribution in [3.05, 3.63) is 48.0 Å². The molecular weight excluding hydrogens is 290 g/mol. The van der Waals surface area contributed by atoms with Gasteiger partial charge in [-0.2, -0.15) is 0 Å². The quantitative estimate of drug-likeness (QED) is 0.940. The van der Waals surface area contributed by atoms with Gasteiger partial charge >= 0.3 is 6.03 Å². The van der Waals surface area contributed by atoms with Crippen molar-refractivity contribution in [3.63, 3.8) is 0 Å². The second-order valence-corrected chi connectivity index (χ2v) is 6.85. The first-order valence-corrected chi connectivity index (χ1v) is 7.97. The van der Waals surface area contributed by atoms with E-state index in [2.05, 4.69) is 41.5 Å². The number of benzene rings is 1. The Morgan fingerprint density at radius 2 is 2.04 bits per heavy atom. The number of fused-ring (bicyclic) bond motifs is 1. The number of hydrogen-bond acceptors (Lipinski definition) is 3. The van der Waals surface area contributed by atoms with Crippen LogP contribution in [0.15, 0.2) is 36.7 Å². The van der Waals surface area contributed by atoms with Crippen molar-refractivity contribution in [2.45, 2.75) is 33.4 Å². The lowest BCUT2D eigenvalue weighted by molar-refractivity contribution is 0.176. The van der Waals surface area contributed by atoms with E-state index in [1.165, 1.54) is 5.56 Å². The van der Waals surface area contributed by atoms with Gasteiger partial charge in [-0.15, -0.1) is 10.2 Å². The van der Waals surface area contributed by atoms with E-state index in [1.54, 1.807) is 11.2 Å². The molecule has 0 atom stereocenters. The van der Waals surface area contributed by atoms with E-state index in [-0.39, 0.29) is 11.4 Å². The van der Waals surface area contributed by atoms with Gasteiger partial charge in [-0.05, 0) is 17.4 Å². The van der Waals surface area contributed by atoms with Crippen LogP contribution < -0.4 is 5.32 Å². The van der Waals surface area contributed by atoms with Gasteiger partial charge in [0.15, 0.2) is 5.82 Å². The summed E-state index contributed by atoms with van der Waals surface area (Å²) in [5.41, 5.74) is 1.30. The minimum absolute atomic E-state index is 0.00677. The minimum atomic E-state index is -0.0274. The predicted molar refractivity (Wildman–Crippen MR) is 87.8 cm³/mol. The molecule has 0 fully saturated rings. The van der Waals surface area contributed by atoms with E-state index < -0.39 is 0 Å². The van der Waals surface area contributed by atoms with Crippen molar-refractivity contribution in [2.75, 3.05) is 13.1 Å². The van der Waals surface area contributed by atoms with Gasteiger partial charge in [-0.3, -0.25) is 0 Å². The fourth-order valence-electron chi connectivity index (χ4n) is 2.88. The first-order valence-electron chi connectivity index (χ1n) is 7.97. The Hall–Kier alpha value is -2.37. The third-order valence-electron chi connectivity index (χ3n) is 4.17. The van der Waals surface area contributed by atoms with Gasteiger partial charge in [0, 0.05) is 19.6 Å². The standard InChI is InChI=1S/C17H23N5O/c1-17(2,10-14-6-4-3-5-7-14)12-18-16(23)21-8-9-22-13-19-20-15(22)11-21/h3-7,13H,8-12H2,1-2H3,(H,18,23). The van der Waals surface area contributed by atoms with Crippen LogP contribution in [-0.4, -0.2) is 38.8 Å². The molecule has 2 heterocycles. The molecule has 122 valence electrons. The van der Waals surface area contributed by atoms with Crippen LogP contribution in [0.5, 0.6) is 0 Å². The van der Waals surface area contributed by atoms with Crippen LogP contribution in [0.25, 0.3) is 0 Å². The molecule has 6 heteroatoms. The zero-order chi connectivity index (χ0) is 16.3. The number of carbonyl (C=O) groups excluding carboxylic acids is 1. The lowest BCUT2D eigenvalue weighted by Crippen LogP contribution is -2.46. The van der Waals surface area contributed by atoms with E-state index in [0.717, 1.165) is 18.8 Å². The van der Waals surface area contributed by atoms with Crippen LogP contribution in [0.3, 0.4) is 0 Å². The predicted octanol–water partition coefficient (Wildman–Crippen LogP) is 2.07. The highest BCUT2D eigenvalue weighted by atomic mass is 16.2. The van der Waals surface area contributed by atoms with Crippen molar-refractivity contribution < 1.29 is 4.79 Å². The molecule has 3 rings (SSSR count). The zero-order valence-electron chi connectivity index (χ0n) is 13.7. The summed E-state index contributed by atoms with van der Waals surface area (Å²) in [6.07, 6.45) is 2.65. The summed E-state index contributed by atoms with van der Waals surface area (Å²) in [7, 11) is 0. The molecule has 0 radical (unpaired) electrons. The normalized spacial score (nSPS) is 14.4. The molecule has 2 aromatic rings. The Kier molecular flexibility index (Phi) is 4.32. The molecule has 0 saturated heterocycles. The van der Waals surface area contributed by atoms with Crippen molar-refractivity contribution in [1.82, 2.24) is 25.0 Å². The molecule has 2 amide bonds. The summed E-state index contributed by atoms with van der Waals surface area (Å²) < 4.78 is 1.99. The molecule has 1 aromatic carbocycles. The summed E-state index contributed by atoms with van der Waals surface area (Å²) in [5, 5.41) is 11.0. The second kappa shape index (κ2) is 6.40. The van der Waals surface area contributed by atoms with E-state index in [1.807, 2.05) is 22.8 Å². The fourth-order valence-corrected chi connectivity index (χ4v) is 2.88. The van der Waals surface area contributed by atoms with Crippen LogP contribution >= 0.6 is 0 Å². The highest BCUT2D eigenvalue weighted by Crippen LogP contribution is 2.21. The van der Waals surface area contributed by atoms with Gasteiger partial charge in [0.05, 0.1) is 6.54 Å². The Morgan fingerprint density at radius 3 is 2.83 bits per heavy atom. The average Bonchev–Trinajstić information content (AvgIpc) is 3.01. The van der Waals surface area contributed by atoms with Crippen LogP contribution in [-0.2, 0) is 19.5 Å². The minimum Gasteiger partial charge on any atom is -0.337 e. The SMILES string of the molecule is CC(C)(CNC(=O)N1CCn2cnnc2C1)Cc1ccccc1. The van der Waals surface area contributed by atoms with E-state index >= 15 is 0 Å². The van der Waals surface area contributed by atoms with E-state index in [0.29, 0.717) is 19.6 Å². The summed E-state index contributed by atoms with van der Waals surface area (Å²) in [6.45, 7) is 6.95. The van der Waals surface area contributed by atoms with Gasteiger partial charge in [-0.1, -0.05) is 44.2 Å². The molecule has 6 nitrogen and oxygen atoms in total. The number of hydrogen-bond donors (Lipinski definition) is 1. The fraction of sp³-hybridized carbons (Fsp3) is 0.471. The first kappa shape index (κ1) is 15.5. The molecule has 0 unspecified atom stereocenters. The first-order chi connectivity index (χ1) is 11.0. The molecule has 0 aliphatic carbocycles. The number of nitrogens with one attached hydrogen (secondary N) is 1. The maximum atomic E-state index is 12.4. The Morgan fingerprint density at radius 1 is 1.26 bits per heavy atom. The lowest BCUT2D eigenvalue weighted by Gasteiger charge is -2.30. The molecule has 1 aromatic heterocycles. The maximum Gasteiger partial charge on any atom is 0.317 e. The van der Waals surface area contributed by atoms with Crippen LogP contribution in [0.2, 0.25) is 0 Å². The third kappa shape index (κ3) is 3.88. The highest BCUT2D eigenvalue weighted by Gasteiger charge is 2.24. The summed E-state index contributed by atoms with van der Waals surface area (Å²) in [6, 6.07) is 10.3. The Labute approximate surface area is 136 Å². The number of amides is 2. The zero-order valence-corrected chi connectivity index (χ0v) is 13.7. The maximum absolute atomic E-state index is 12.4. The molecular formula is C17H23N5O. The van der Waals surface area contributed by atoms with Gasteiger partial charge in [0.1, 0.15) is 6.33 Å². The average molecular weight is 313 g/mol. The Balaban J connectivity index is 1.52. The van der Waals surface area contributed by atoms with Crippen LogP contribution in [0, 0.1) is 5.41 Å². The number of aromatic nitrogens is 3. The second-order valence-electron chi connectivity index (χ2n) is 6.85. The van der Waals surface area contributed by atoms with Gasteiger partial charge in [0.2, 0.25) is 0 Å². The monoisotopic (exact) mass is 313 g/mol. The molecule has 23 heavy (non-hydrogen) atoms. The van der Waals surface area contributed by atoms with Gasteiger partial charge in [-0.25, -0.2) is 4.79 Å². The highest BCUT2D eigenvalue weighted by molar-refractivity contribution is 5.74. The summed E-state index contributed by atoms with van der Waals surface area (Å²) in [5.74, 6) is 0.843. The van der Waals surface area contributed by atoms with Crippen molar-refractivity contribution >= 4 is 6.03 Å². The molecule has 0 bridgehead atoms. The molecule has 0 saturated carbocycles. The number of urea groups is 1. The van der Waals surface area contributed by atoms with Crippen LogP contribution in [0.1, 0.15) is 25.2 Å². The molecule has 1 aliphatic rings. The topological polar surface area (TPSA) is 63.1 Å². The summed E-state index contributed by atoms with van der Waals surface area (Å²) in [4.78, 5) is 14.2. The Bertz CT molecular complexity index is 665. The van der Waals surface area contributed by atoms with Crippen molar-refractivity contribution in [2.24, 2.45) is 5.41 Å². The van der Waals surface area contributed by atoms with E-state index in [9.17, 15) is 4.79 Å². The number of rotatable bonds is 4. The number of carbonyl (C=O) groups is 1. The van der Waals surface area contributed by atoms with Gasteiger partial charge in [0.25, 0.3) is 0 Å². The van der Waals surface area contributed by atoms with Gasteiger partial charge < -0.3 is 14.8 Å². The largest absolute Gasteiger partial charge is 0.337 e. The lowest BCUT2D eigenvalue weighted by atomic mass is 9.86. The van der Waals surface area contributed by atoms with Crippen LogP contribution in [0.4, 0.5) is 4.79 Å². The van der Waals surface area contributed by atoms with Crippen molar-refractivity contribution in [1.29, 1.82) is 0 Å². The molecule has 0 spiro atoms. The number of nitrogens with zero attached hydrogens (tertiary/aromatic N) is 4. The van der Waals surface area contributed by atoms with Crippen molar-refractivity contribution in [3.8, 4) is 0 Å².